The quantitative estimate of drug-likeness (QED) is 0.193. The number of carbonyl (C=O) groups is 1. The Kier molecular flexibility index (Phi) is 8.89. The molecule has 10 heteroatoms. The maximum absolute atomic E-state index is 14.1. The van der Waals surface area contributed by atoms with E-state index in [1.165, 1.54) is 18.4 Å². The third-order valence-corrected chi connectivity index (χ3v) is 8.44. The van der Waals surface area contributed by atoms with Crippen LogP contribution >= 0.6 is 33.9 Å². The van der Waals surface area contributed by atoms with Crippen LogP contribution in [0, 0.1) is 14.9 Å². The van der Waals surface area contributed by atoms with Gasteiger partial charge in [-0.2, -0.15) is 5.26 Å². The van der Waals surface area contributed by atoms with E-state index in [4.69, 9.17) is 19.2 Å². The average molecular weight is 692 g/mol. The highest BCUT2D eigenvalue weighted by Gasteiger charge is 2.33. The lowest BCUT2D eigenvalue weighted by atomic mass is 9.95. The van der Waals surface area contributed by atoms with Gasteiger partial charge < -0.3 is 14.2 Å². The number of nitriles is 1. The molecule has 0 unspecified atom stereocenters. The fourth-order valence-corrected chi connectivity index (χ4v) is 6.49. The Morgan fingerprint density at radius 3 is 2.57 bits per heavy atom. The number of esters is 1. The summed E-state index contributed by atoms with van der Waals surface area (Å²) in [6.45, 7) is 2.06. The van der Waals surface area contributed by atoms with Crippen molar-refractivity contribution in [1.82, 2.24) is 4.57 Å². The summed E-state index contributed by atoms with van der Waals surface area (Å²) < 4.78 is 19.9. The Morgan fingerprint density at radius 1 is 1.14 bits per heavy atom. The molecule has 42 heavy (non-hydrogen) atoms. The molecular weight excluding hydrogens is 665 g/mol. The lowest BCUT2D eigenvalue weighted by Crippen LogP contribution is -2.40. The van der Waals surface area contributed by atoms with E-state index in [1.807, 2.05) is 61.5 Å². The van der Waals surface area contributed by atoms with Gasteiger partial charge in [0.1, 0.15) is 6.61 Å². The van der Waals surface area contributed by atoms with Crippen molar-refractivity contribution in [2.24, 2.45) is 4.99 Å². The van der Waals surface area contributed by atoms with Gasteiger partial charge in [0.15, 0.2) is 16.3 Å². The van der Waals surface area contributed by atoms with E-state index >= 15 is 0 Å². The highest BCUT2D eigenvalue weighted by atomic mass is 127. The Morgan fingerprint density at radius 2 is 1.88 bits per heavy atom. The molecule has 1 aliphatic heterocycles. The van der Waals surface area contributed by atoms with E-state index in [-0.39, 0.29) is 12.2 Å². The predicted octanol–water partition coefficient (Wildman–Crippen LogP) is 4.86. The zero-order valence-corrected chi connectivity index (χ0v) is 26.1. The summed E-state index contributed by atoms with van der Waals surface area (Å²) in [6, 6.07) is 21.9. The van der Waals surface area contributed by atoms with Gasteiger partial charge in [0, 0.05) is 14.7 Å². The van der Waals surface area contributed by atoms with Crippen LogP contribution in [-0.2, 0) is 16.1 Å². The zero-order valence-electron chi connectivity index (χ0n) is 23.1. The number of nitrogens with zero attached hydrogens (tertiary/aromatic N) is 3. The molecule has 4 aromatic rings. The first-order chi connectivity index (χ1) is 20.4. The number of benzene rings is 3. The number of fused-ring (bicyclic) bond motifs is 1. The number of allylic oxidation sites excluding steroid dienone is 1. The van der Waals surface area contributed by atoms with Crippen molar-refractivity contribution in [2.75, 3.05) is 14.2 Å². The second-order valence-corrected chi connectivity index (χ2v) is 11.5. The van der Waals surface area contributed by atoms with E-state index < -0.39 is 12.0 Å². The van der Waals surface area contributed by atoms with Gasteiger partial charge >= 0.3 is 5.97 Å². The lowest BCUT2D eigenvalue weighted by Gasteiger charge is -2.25. The highest BCUT2D eigenvalue weighted by molar-refractivity contribution is 14.1. The van der Waals surface area contributed by atoms with Gasteiger partial charge in [-0.15, -0.1) is 0 Å². The van der Waals surface area contributed by atoms with Crippen LogP contribution in [0.1, 0.15) is 41.6 Å². The summed E-state index contributed by atoms with van der Waals surface area (Å²) >= 11 is 3.43. The predicted molar refractivity (Wildman–Crippen MR) is 168 cm³/mol. The van der Waals surface area contributed by atoms with Gasteiger partial charge in [-0.3, -0.25) is 9.36 Å². The van der Waals surface area contributed by atoms with E-state index in [2.05, 4.69) is 28.7 Å². The van der Waals surface area contributed by atoms with Crippen molar-refractivity contribution in [3.05, 3.63) is 124 Å². The molecule has 0 N–H and O–H groups in total. The molecule has 1 aromatic heterocycles. The van der Waals surface area contributed by atoms with Crippen LogP contribution in [0.3, 0.4) is 0 Å². The van der Waals surface area contributed by atoms with Crippen LogP contribution in [0.5, 0.6) is 11.5 Å². The van der Waals surface area contributed by atoms with E-state index in [9.17, 15) is 14.9 Å². The molecular formula is C32H26IN3O5S. The first-order valence-corrected chi connectivity index (χ1v) is 15.0. The fourth-order valence-electron chi connectivity index (χ4n) is 4.86. The van der Waals surface area contributed by atoms with E-state index in [1.54, 1.807) is 29.9 Å². The molecule has 0 aliphatic carbocycles. The van der Waals surface area contributed by atoms with Gasteiger partial charge in [-0.05, 0) is 58.9 Å². The van der Waals surface area contributed by atoms with Crippen molar-refractivity contribution in [1.29, 1.82) is 5.26 Å². The topological polar surface area (TPSA) is 103 Å². The second kappa shape index (κ2) is 12.8. The van der Waals surface area contributed by atoms with Crippen LogP contribution in [0.2, 0.25) is 0 Å². The molecule has 0 amide bonds. The van der Waals surface area contributed by atoms with E-state index in [0.717, 1.165) is 14.7 Å². The SMILES string of the molecule is CCC1=C(C(=O)OC)[C@H](c2ccccc2)n2c(s/c(=C/c3cc(I)cc(OC)c3OCc3ccccc3C#N)c2=O)=N1. The molecule has 0 radical (unpaired) electrons. The number of aromatic nitrogens is 1. The number of hydrogen-bond acceptors (Lipinski definition) is 8. The Balaban J connectivity index is 1.68. The van der Waals surface area contributed by atoms with Crippen molar-refractivity contribution >= 4 is 46.0 Å². The summed E-state index contributed by atoms with van der Waals surface area (Å²) in [5.74, 6) is 0.425. The molecule has 3 aromatic carbocycles. The number of thiazole rings is 1. The maximum Gasteiger partial charge on any atom is 0.338 e. The van der Waals surface area contributed by atoms with Gasteiger partial charge in [0.25, 0.3) is 5.56 Å². The molecule has 8 nitrogen and oxygen atoms in total. The van der Waals surface area contributed by atoms with Crippen LogP contribution in [0.4, 0.5) is 0 Å². The summed E-state index contributed by atoms with van der Waals surface area (Å²) in [5, 5.41) is 9.51. The third-order valence-electron chi connectivity index (χ3n) is 6.83. The summed E-state index contributed by atoms with van der Waals surface area (Å²) in [7, 11) is 2.89. The minimum absolute atomic E-state index is 0.138. The number of carbonyl (C=O) groups excluding carboxylic acids is 1. The maximum atomic E-state index is 14.1. The average Bonchev–Trinajstić information content (AvgIpc) is 3.33. The number of halogens is 1. The third kappa shape index (κ3) is 5.62. The minimum Gasteiger partial charge on any atom is -0.493 e. The minimum atomic E-state index is -0.685. The van der Waals surface area contributed by atoms with Gasteiger partial charge in [-0.25, -0.2) is 9.79 Å². The molecule has 0 fully saturated rings. The standard InChI is InChI=1S/C32H26IN3O5S/c1-4-24-27(31(38)40-3)28(19-10-6-5-7-11-19)36-30(37)26(42-32(36)35-24)15-22-14-23(33)16-25(39-2)29(22)41-18-21-13-9-8-12-20(21)17-34/h5-16,28H,4,18H2,1-3H3/b26-15+/t28-/m0/s1. The zero-order chi connectivity index (χ0) is 29.8. The molecule has 0 bridgehead atoms. The number of ether oxygens (including phenoxy) is 3. The second-order valence-electron chi connectivity index (χ2n) is 9.28. The molecule has 2 heterocycles. The van der Waals surface area contributed by atoms with Crippen molar-refractivity contribution in [3.8, 4) is 17.6 Å². The van der Waals surface area contributed by atoms with Gasteiger partial charge in [-0.1, -0.05) is 66.8 Å². The fraction of sp³-hybridized carbons (Fsp3) is 0.188. The number of rotatable bonds is 8. The number of methoxy groups -OCH3 is 2. The molecule has 5 rings (SSSR count). The van der Waals surface area contributed by atoms with Crippen LogP contribution in [0.15, 0.2) is 87.8 Å². The Labute approximate surface area is 260 Å². The first-order valence-electron chi connectivity index (χ1n) is 13.1. The molecule has 1 atom stereocenters. The van der Waals surface area contributed by atoms with Crippen LogP contribution in [-0.4, -0.2) is 24.8 Å². The first kappa shape index (κ1) is 29.3. The molecule has 0 saturated heterocycles. The largest absolute Gasteiger partial charge is 0.493 e. The van der Waals surface area contributed by atoms with Gasteiger partial charge in [0.05, 0.1) is 47.7 Å². The number of hydrogen-bond donors (Lipinski definition) is 0. The monoisotopic (exact) mass is 691 g/mol. The van der Waals surface area contributed by atoms with Crippen LogP contribution < -0.4 is 24.4 Å². The Bertz CT molecular complexity index is 1920. The van der Waals surface area contributed by atoms with Crippen LogP contribution in [0.25, 0.3) is 6.08 Å². The smallest absolute Gasteiger partial charge is 0.338 e. The van der Waals surface area contributed by atoms with Crippen molar-refractivity contribution < 1.29 is 19.0 Å². The highest BCUT2D eigenvalue weighted by Crippen LogP contribution is 2.35. The Hall–Kier alpha value is -4.21. The molecule has 0 saturated carbocycles. The normalized spacial score (nSPS) is 14.5. The molecule has 212 valence electrons. The van der Waals surface area contributed by atoms with E-state index in [0.29, 0.717) is 49.7 Å². The summed E-state index contributed by atoms with van der Waals surface area (Å²) in [6.07, 6.45) is 2.25. The molecule has 0 spiro atoms. The van der Waals surface area contributed by atoms with Crippen molar-refractivity contribution in [2.45, 2.75) is 26.0 Å². The molecule has 1 aliphatic rings. The summed E-state index contributed by atoms with van der Waals surface area (Å²) in [4.78, 5) is 32.3. The summed E-state index contributed by atoms with van der Waals surface area (Å²) in [5.41, 5.74) is 3.31. The lowest BCUT2D eigenvalue weighted by molar-refractivity contribution is -0.136. The van der Waals surface area contributed by atoms with Gasteiger partial charge in [0.2, 0.25) is 0 Å². The van der Waals surface area contributed by atoms with Crippen molar-refractivity contribution in [3.63, 3.8) is 0 Å².